The van der Waals surface area contributed by atoms with Crippen LogP contribution in [0, 0.1) is 0 Å². The molecular formula is C21H52N4O11P2. The molecule has 0 heterocycles. The molecule has 0 rings (SSSR count). The fourth-order valence-corrected chi connectivity index (χ4v) is 3.83. The summed E-state index contributed by atoms with van der Waals surface area (Å²) in [6.07, 6.45) is 11.8. The number of allylic oxidation sites excluding steroid dienone is 7. The third-order valence-corrected chi connectivity index (χ3v) is 6.08. The Hall–Kier alpha value is -1.71. The molecule has 0 aliphatic rings. The van der Waals surface area contributed by atoms with Crippen LogP contribution in [0.1, 0.15) is 73.1 Å². The van der Waals surface area contributed by atoms with Gasteiger partial charge in [-0.15, -0.1) is 0 Å². The first-order valence-electron chi connectivity index (χ1n) is 10.2. The van der Waals surface area contributed by atoms with Gasteiger partial charge in [-0.1, -0.05) is 46.6 Å². The maximum Gasteiger partial charge on any atom is 0.272 e. The smallest absolute Gasteiger partial charge is 0.272 e. The standard InChI is InChI=1S/C20H36O7P2.CH2O3.4H3N.H2O/c1-17(2)9-6-10-18(3)11-7-12-19(4)13-8-14-20(5)15-16-26-29(24,25)27-28(21,22)23;2-1(3)4;;;;;/h9,11,13,15H,6-8,10,12,14,16H2,1-5H3,(H,24,25)(H2,21,22,23);(H2,2,3,4);4*1H3;1H2/b18-11+,19-13+,20-15+;;;;;;. The predicted octanol–water partition coefficient (Wildman–Crippen LogP) is 4.03. The van der Waals surface area contributed by atoms with E-state index in [1.54, 1.807) is 0 Å². The molecule has 0 aromatic rings. The van der Waals surface area contributed by atoms with Crippen LogP contribution >= 0.6 is 15.6 Å². The summed E-state index contributed by atoms with van der Waals surface area (Å²) in [7, 11) is -10.8. The predicted molar refractivity (Wildman–Crippen MR) is 146 cm³/mol. The van der Waals surface area contributed by atoms with E-state index in [1.165, 1.54) is 22.8 Å². The molecule has 1 unspecified atom stereocenters. The Morgan fingerprint density at radius 3 is 1.37 bits per heavy atom. The summed E-state index contributed by atoms with van der Waals surface area (Å²) in [5.74, 6) is 0. The van der Waals surface area contributed by atoms with Crippen molar-refractivity contribution in [3.05, 3.63) is 46.6 Å². The fourth-order valence-electron chi connectivity index (χ4n) is 2.40. The molecule has 1 atom stereocenters. The molecule has 0 fully saturated rings. The summed E-state index contributed by atoms with van der Waals surface area (Å²) in [5.41, 5.74) is 4.93. The lowest BCUT2D eigenvalue weighted by atomic mass is 10.0. The Bertz CT molecular complexity index is 818. The molecule has 0 aromatic heterocycles. The molecule has 232 valence electrons. The summed E-state index contributed by atoms with van der Waals surface area (Å²) in [5, 5.41) is 15.3. The van der Waals surface area contributed by atoms with Crippen LogP contribution < -0.4 is 44.4 Å². The van der Waals surface area contributed by atoms with E-state index in [0.29, 0.717) is 6.42 Å². The summed E-state index contributed by atoms with van der Waals surface area (Å²) in [6, 6.07) is 0. The highest BCUT2D eigenvalue weighted by Gasteiger charge is 2.10. The molecule has 0 aliphatic heterocycles. The van der Waals surface area contributed by atoms with Crippen molar-refractivity contribution in [3.63, 3.8) is 0 Å². The second-order valence-corrected chi connectivity index (χ2v) is 10.3. The van der Waals surface area contributed by atoms with E-state index in [4.69, 9.17) is 15.0 Å². The van der Waals surface area contributed by atoms with Gasteiger partial charge in [0.1, 0.15) is 0 Å². The van der Waals surface area contributed by atoms with Crippen molar-refractivity contribution in [2.24, 2.45) is 0 Å². The van der Waals surface area contributed by atoms with E-state index >= 15 is 0 Å². The van der Waals surface area contributed by atoms with Gasteiger partial charge in [0, 0.05) is 0 Å². The first kappa shape index (κ1) is 52.7. The third-order valence-electron chi connectivity index (χ3n) is 4.02. The molecule has 0 aromatic carbocycles. The van der Waals surface area contributed by atoms with Crippen LogP contribution in [0.25, 0.3) is 0 Å². The van der Waals surface area contributed by atoms with Crippen molar-refractivity contribution in [1.82, 2.24) is 24.6 Å². The molecule has 17 heteroatoms. The summed E-state index contributed by atoms with van der Waals surface area (Å²) < 4.78 is 29.1. The van der Waals surface area contributed by atoms with Gasteiger partial charge in [0.05, 0.1) is 14.4 Å². The zero-order valence-corrected chi connectivity index (χ0v) is 26.1. The number of phosphoric acid groups is 2. The number of rotatable bonds is 14. The largest absolute Gasteiger partial charge is 0.790 e. The van der Waals surface area contributed by atoms with Crippen molar-refractivity contribution in [2.45, 2.75) is 73.1 Å². The Morgan fingerprint density at radius 1 is 0.737 bits per heavy atom. The zero-order chi connectivity index (χ0) is 26.1. The van der Waals surface area contributed by atoms with Crippen molar-refractivity contribution < 1.29 is 53.1 Å². The Kier molecular flexibility index (Phi) is 39.2. The molecule has 0 aliphatic carbocycles. The van der Waals surface area contributed by atoms with Gasteiger partial charge in [0.25, 0.3) is 7.82 Å². The summed E-state index contributed by atoms with van der Waals surface area (Å²) >= 11 is 0. The highest BCUT2D eigenvalue weighted by Crippen LogP contribution is 2.50. The van der Waals surface area contributed by atoms with E-state index in [2.05, 4.69) is 54.8 Å². The molecule has 0 bridgehead atoms. The molecule has 15 nitrogen and oxygen atoms in total. The SMILES string of the molecule is CC(C)=CCC/C(C)=C/CC/C(C)=C/CC/C(C)=C/COP(=O)([O-])OP(=O)([O-])[O-].O.O=C([O-])O.[NH4+].[NH4+].[NH4+].[NH4+]. The normalized spacial score (nSPS) is 12.8. The lowest BCUT2D eigenvalue weighted by Crippen LogP contribution is -2.19. The number of phosphoric ester groups is 1. The molecule has 0 amide bonds. The molecule has 0 saturated heterocycles. The van der Waals surface area contributed by atoms with Crippen LogP contribution in [0.15, 0.2) is 46.6 Å². The Morgan fingerprint density at radius 2 is 1.05 bits per heavy atom. The van der Waals surface area contributed by atoms with Gasteiger partial charge in [-0.2, -0.15) is 0 Å². The Labute approximate surface area is 226 Å². The van der Waals surface area contributed by atoms with Gasteiger partial charge in [-0.05, 0) is 73.1 Å². The molecule has 0 spiro atoms. The molecule has 38 heavy (non-hydrogen) atoms. The number of hydrogen-bond donors (Lipinski definition) is 5. The molecule has 0 saturated carbocycles. The first-order chi connectivity index (χ1) is 15.0. The molecular weight excluding hydrogens is 546 g/mol. The van der Waals surface area contributed by atoms with Gasteiger partial charge in [0.15, 0.2) is 0 Å². The second-order valence-electron chi connectivity index (χ2n) is 7.59. The lowest BCUT2D eigenvalue weighted by Gasteiger charge is -2.34. The quantitative estimate of drug-likeness (QED) is 0.141. The number of quaternary nitrogens is 4. The van der Waals surface area contributed by atoms with Crippen LogP contribution in [-0.4, -0.2) is 23.3 Å². The average Bonchev–Trinajstić information content (AvgIpc) is 2.58. The van der Waals surface area contributed by atoms with Gasteiger partial charge in [0.2, 0.25) is 6.16 Å². The molecule has 19 N–H and O–H groups in total. The van der Waals surface area contributed by atoms with Crippen LogP contribution in [0.3, 0.4) is 0 Å². The molecule has 0 radical (unpaired) electrons. The van der Waals surface area contributed by atoms with Crippen molar-refractivity contribution in [3.8, 4) is 0 Å². The number of hydrogen-bond acceptors (Lipinski definition) is 9. The highest BCUT2D eigenvalue weighted by atomic mass is 31.3. The number of carbonyl (C=O) groups is 1. The van der Waals surface area contributed by atoms with E-state index < -0.39 is 21.8 Å². The van der Waals surface area contributed by atoms with Crippen LogP contribution in [0.2, 0.25) is 0 Å². The van der Waals surface area contributed by atoms with Crippen molar-refractivity contribution >= 4 is 21.8 Å². The van der Waals surface area contributed by atoms with Crippen molar-refractivity contribution in [2.75, 3.05) is 6.61 Å². The van der Waals surface area contributed by atoms with Gasteiger partial charge in [-0.25, -0.2) is 0 Å². The maximum absolute atomic E-state index is 11.1. The van der Waals surface area contributed by atoms with Gasteiger partial charge >= 0.3 is 0 Å². The van der Waals surface area contributed by atoms with Crippen LogP contribution in [-0.2, 0) is 18.0 Å². The minimum absolute atomic E-state index is 0. The number of carboxylic acid groups (broad SMARTS) is 2. The Balaban J connectivity index is -0.000000198. The lowest BCUT2D eigenvalue weighted by molar-refractivity contribution is -0.339. The first-order valence-corrected chi connectivity index (χ1v) is 13.2. The fraction of sp³-hybridized carbons (Fsp3) is 0.571. The van der Waals surface area contributed by atoms with Crippen LogP contribution in [0.4, 0.5) is 4.79 Å². The van der Waals surface area contributed by atoms with Crippen LogP contribution in [0.5, 0.6) is 0 Å². The zero-order valence-electron chi connectivity index (χ0n) is 24.3. The third kappa shape index (κ3) is 44.3. The minimum atomic E-state index is -5.64. The van der Waals surface area contributed by atoms with E-state index in [-0.39, 0.29) is 36.7 Å². The average molecular weight is 599 g/mol. The summed E-state index contributed by atoms with van der Waals surface area (Å²) in [4.78, 5) is 40.2. The van der Waals surface area contributed by atoms with Gasteiger partial charge in [-0.3, -0.25) is 8.88 Å². The minimum Gasteiger partial charge on any atom is -0.790 e. The van der Waals surface area contributed by atoms with Crippen molar-refractivity contribution in [1.29, 1.82) is 0 Å². The van der Waals surface area contributed by atoms with E-state index in [0.717, 1.165) is 37.7 Å². The second kappa shape index (κ2) is 28.3. The van der Waals surface area contributed by atoms with E-state index in [9.17, 15) is 23.8 Å². The van der Waals surface area contributed by atoms with Gasteiger partial charge < -0.3 is 68.9 Å². The van der Waals surface area contributed by atoms with E-state index in [1.807, 2.05) is 6.92 Å². The highest BCUT2D eigenvalue weighted by molar-refractivity contribution is 7.58. The monoisotopic (exact) mass is 598 g/mol. The topological polar surface area (TPSA) is 360 Å². The maximum atomic E-state index is 11.1. The summed E-state index contributed by atoms with van der Waals surface area (Å²) in [6.45, 7) is 9.89.